The molecule has 0 N–H and O–H groups in total. The monoisotopic (exact) mass is 393 g/mol. The molecule has 8 heteroatoms. The molecule has 0 bridgehead atoms. The molecule has 2 aromatic heterocycles. The van der Waals surface area contributed by atoms with E-state index in [1.807, 2.05) is 13.8 Å². The maximum atomic E-state index is 12.8. The first kappa shape index (κ1) is 21.1. The molecule has 0 aliphatic rings. The Morgan fingerprint density at radius 1 is 1.37 bits per heavy atom. The lowest BCUT2D eigenvalue weighted by Gasteiger charge is -2.17. The normalized spacial score (nSPS) is 11.2. The minimum atomic E-state index is -0.439. The highest BCUT2D eigenvalue weighted by Gasteiger charge is 2.21. The van der Waals surface area contributed by atoms with Gasteiger partial charge >= 0.3 is 5.97 Å². The van der Waals surface area contributed by atoms with E-state index < -0.39 is 5.97 Å². The highest BCUT2D eigenvalue weighted by atomic mass is 32.1. The van der Waals surface area contributed by atoms with Gasteiger partial charge in [-0.05, 0) is 24.8 Å². The molecule has 0 aliphatic carbocycles. The lowest BCUT2D eigenvalue weighted by molar-refractivity contribution is -0.130. The van der Waals surface area contributed by atoms with Gasteiger partial charge in [0.25, 0.3) is 5.56 Å². The van der Waals surface area contributed by atoms with E-state index >= 15 is 0 Å². The highest BCUT2D eigenvalue weighted by Crippen LogP contribution is 2.27. The number of aromatic nitrogens is 2. The number of unbranched alkanes of at least 4 members (excludes halogenated alkanes) is 1. The molecule has 0 aliphatic heterocycles. The zero-order chi connectivity index (χ0) is 20.1. The van der Waals surface area contributed by atoms with E-state index in [1.165, 1.54) is 10.9 Å². The average molecular weight is 394 g/mol. The SMILES string of the molecule is CCCCN(C)C(=O)Cn1cnc2sc(C(=O)OCC(C)C)c(C)c2c1=O. The van der Waals surface area contributed by atoms with Gasteiger partial charge in [0.2, 0.25) is 5.91 Å². The summed E-state index contributed by atoms with van der Waals surface area (Å²) in [5.41, 5.74) is 0.247. The third-order valence-electron chi connectivity index (χ3n) is 4.23. The van der Waals surface area contributed by atoms with Gasteiger partial charge in [-0.15, -0.1) is 11.3 Å². The van der Waals surface area contributed by atoms with Gasteiger partial charge in [-0.25, -0.2) is 9.78 Å². The van der Waals surface area contributed by atoms with Crippen LogP contribution in [0.15, 0.2) is 11.1 Å². The van der Waals surface area contributed by atoms with Crippen LogP contribution < -0.4 is 5.56 Å². The molecule has 2 rings (SSSR count). The van der Waals surface area contributed by atoms with Gasteiger partial charge in [-0.1, -0.05) is 27.2 Å². The third-order valence-corrected chi connectivity index (χ3v) is 5.41. The van der Waals surface area contributed by atoms with Crippen LogP contribution in [0.3, 0.4) is 0 Å². The number of thiophene rings is 1. The van der Waals surface area contributed by atoms with E-state index in [0.29, 0.717) is 33.8 Å². The number of carbonyl (C=O) groups excluding carboxylic acids is 2. The van der Waals surface area contributed by atoms with Crippen molar-refractivity contribution >= 4 is 33.4 Å². The maximum Gasteiger partial charge on any atom is 0.348 e. The van der Waals surface area contributed by atoms with E-state index in [9.17, 15) is 14.4 Å². The van der Waals surface area contributed by atoms with Crippen LogP contribution >= 0.6 is 11.3 Å². The Labute approximate surface area is 163 Å². The Kier molecular flexibility index (Phi) is 7.12. The Bertz CT molecular complexity index is 885. The minimum absolute atomic E-state index is 0.0651. The number of hydrogen-bond acceptors (Lipinski definition) is 6. The largest absolute Gasteiger partial charge is 0.461 e. The van der Waals surface area contributed by atoms with Gasteiger partial charge < -0.3 is 9.64 Å². The number of rotatable bonds is 8. The molecule has 0 atom stereocenters. The Hall–Kier alpha value is -2.22. The summed E-state index contributed by atoms with van der Waals surface area (Å²) < 4.78 is 6.58. The fourth-order valence-corrected chi connectivity index (χ4v) is 3.59. The second-order valence-corrected chi connectivity index (χ2v) is 8.07. The highest BCUT2D eigenvalue weighted by molar-refractivity contribution is 7.20. The topological polar surface area (TPSA) is 81.5 Å². The van der Waals surface area contributed by atoms with Gasteiger partial charge in [0.15, 0.2) is 0 Å². The maximum absolute atomic E-state index is 12.8. The molecule has 0 saturated carbocycles. The van der Waals surface area contributed by atoms with Gasteiger partial charge in [0.05, 0.1) is 18.3 Å². The molecule has 0 fully saturated rings. The van der Waals surface area contributed by atoms with Crippen molar-refractivity contribution in [2.45, 2.75) is 47.1 Å². The number of ether oxygens (including phenoxy) is 1. The predicted molar refractivity (Wildman–Crippen MR) is 106 cm³/mol. The summed E-state index contributed by atoms with van der Waals surface area (Å²) in [6.45, 7) is 8.60. The lowest BCUT2D eigenvalue weighted by atomic mass is 10.2. The standard InChI is InChI=1S/C19H27N3O4S/c1-6-7-8-21(5)14(23)9-22-11-20-17-15(18(22)24)13(4)16(27-17)19(25)26-10-12(2)3/h11-12H,6-10H2,1-5H3. The summed E-state index contributed by atoms with van der Waals surface area (Å²) in [4.78, 5) is 44.2. The van der Waals surface area contributed by atoms with Gasteiger partial charge in [-0.2, -0.15) is 0 Å². The smallest absolute Gasteiger partial charge is 0.348 e. The predicted octanol–water partition coefficient (Wildman–Crippen LogP) is 2.84. The molecule has 2 aromatic rings. The molecule has 148 valence electrons. The van der Waals surface area contributed by atoms with E-state index in [2.05, 4.69) is 11.9 Å². The minimum Gasteiger partial charge on any atom is -0.461 e. The second kappa shape index (κ2) is 9.12. The molecule has 1 amide bonds. The number of aryl methyl sites for hydroxylation is 1. The van der Waals surface area contributed by atoms with E-state index in [1.54, 1.807) is 18.9 Å². The molecule has 0 radical (unpaired) electrons. The summed E-state index contributed by atoms with van der Waals surface area (Å²) in [5.74, 6) is -0.351. The summed E-state index contributed by atoms with van der Waals surface area (Å²) >= 11 is 1.15. The van der Waals surface area contributed by atoms with Crippen LogP contribution in [0.1, 0.15) is 48.8 Å². The Morgan fingerprint density at radius 2 is 2.07 bits per heavy atom. The molecule has 0 unspecified atom stereocenters. The van der Waals surface area contributed by atoms with Crippen molar-refractivity contribution < 1.29 is 14.3 Å². The zero-order valence-corrected chi connectivity index (χ0v) is 17.4. The third kappa shape index (κ3) is 4.94. The first-order chi connectivity index (χ1) is 12.8. The fourth-order valence-electron chi connectivity index (χ4n) is 2.56. The molecule has 27 heavy (non-hydrogen) atoms. The second-order valence-electron chi connectivity index (χ2n) is 7.08. The molecule has 7 nitrogen and oxygen atoms in total. The van der Waals surface area contributed by atoms with Crippen molar-refractivity contribution in [3.8, 4) is 0 Å². The molecule has 0 spiro atoms. The Morgan fingerprint density at radius 3 is 2.70 bits per heavy atom. The van der Waals surface area contributed by atoms with Crippen LogP contribution in [-0.2, 0) is 16.1 Å². The van der Waals surface area contributed by atoms with Crippen LogP contribution in [-0.4, -0.2) is 46.5 Å². The van der Waals surface area contributed by atoms with Crippen molar-refractivity contribution in [1.29, 1.82) is 0 Å². The van der Waals surface area contributed by atoms with Crippen LogP contribution in [0.4, 0.5) is 0 Å². The quantitative estimate of drug-likeness (QED) is 0.644. The number of carbonyl (C=O) groups is 2. The molecule has 2 heterocycles. The van der Waals surface area contributed by atoms with E-state index in [0.717, 1.165) is 24.2 Å². The van der Waals surface area contributed by atoms with Crippen molar-refractivity contribution in [3.05, 3.63) is 27.1 Å². The van der Waals surface area contributed by atoms with Crippen molar-refractivity contribution in [2.24, 2.45) is 5.92 Å². The number of fused-ring (bicyclic) bond motifs is 1. The summed E-state index contributed by atoms with van der Waals surface area (Å²) in [5, 5.41) is 0.378. The summed E-state index contributed by atoms with van der Waals surface area (Å²) in [6, 6.07) is 0. The van der Waals surface area contributed by atoms with Crippen LogP contribution in [0.2, 0.25) is 0 Å². The van der Waals surface area contributed by atoms with Crippen molar-refractivity contribution in [3.63, 3.8) is 0 Å². The number of nitrogens with zero attached hydrogens (tertiary/aromatic N) is 3. The summed E-state index contributed by atoms with van der Waals surface area (Å²) in [7, 11) is 1.73. The average Bonchev–Trinajstić information content (AvgIpc) is 2.97. The number of esters is 1. The first-order valence-corrected chi connectivity index (χ1v) is 9.97. The lowest BCUT2D eigenvalue weighted by Crippen LogP contribution is -2.34. The zero-order valence-electron chi connectivity index (χ0n) is 16.6. The van der Waals surface area contributed by atoms with Crippen molar-refractivity contribution in [2.75, 3.05) is 20.2 Å². The van der Waals surface area contributed by atoms with Gasteiger partial charge in [0, 0.05) is 13.6 Å². The Balaban J connectivity index is 2.28. The number of amides is 1. The molecule has 0 saturated heterocycles. The van der Waals surface area contributed by atoms with Crippen molar-refractivity contribution in [1.82, 2.24) is 14.5 Å². The van der Waals surface area contributed by atoms with Crippen LogP contribution in [0.25, 0.3) is 10.2 Å². The first-order valence-electron chi connectivity index (χ1n) is 9.15. The summed E-state index contributed by atoms with van der Waals surface area (Å²) in [6.07, 6.45) is 3.28. The molecule has 0 aromatic carbocycles. The fraction of sp³-hybridized carbons (Fsp3) is 0.579. The van der Waals surface area contributed by atoms with E-state index in [-0.39, 0.29) is 23.9 Å². The van der Waals surface area contributed by atoms with Crippen LogP contribution in [0.5, 0.6) is 0 Å². The van der Waals surface area contributed by atoms with Gasteiger partial charge in [0.1, 0.15) is 16.3 Å². The van der Waals surface area contributed by atoms with Crippen LogP contribution in [0, 0.1) is 12.8 Å². The number of hydrogen-bond donors (Lipinski definition) is 0. The molecular weight excluding hydrogens is 366 g/mol. The molecular formula is C19H27N3O4S. The van der Waals surface area contributed by atoms with E-state index in [4.69, 9.17) is 4.74 Å². The van der Waals surface area contributed by atoms with Gasteiger partial charge in [-0.3, -0.25) is 14.2 Å². The number of likely N-dealkylation sites (N-methyl/N-ethyl adjacent to an activating group) is 1.